The molecule has 0 aliphatic carbocycles. The lowest BCUT2D eigenvalue weighted by Gasteiger charge is -2.06. The molecule has 0 aromatic carbocycles. The van der Waals surface area contributed by atoms with Gasteiger partial charge in [-0.25, -0.2) is 0 Å². The second-order valence-electron chi connectivity index (χ2n) is 6.24. The minimum atomic E-state index is 0.565. The largest absolute Gasteiger partial charge is 0.145 e. The van der Waals surface area contributed by atoms with E-state index in [4.69, 9.17) is 0 Å². The second kappa shape index (κ2) is 9.52. The van der Waals surface area contributed by atoms with E-state index in [2.05, 4.69) is 45.0 Å². The molecule has 0 N–H and O–H groups in total. The molecule has 0 atom stereocenters. The van der Waals surface area contributed by atoms with Crippen LogP contribution in [0, 0.1) is 0 Å². The van der Waals surface area contributed by atoms with E-state index in [1.165, 1.54) is 61.1 Å². The van der Waals surface area contributed by atoms with Gasteiger partial charge in [-0.1, -0.05) is 46.5 Å². The van der Waals surface area contributed by atoms with Crippen molar-refractivity contribution in [2.45, 2.75) is 78.1 Å². The molecule has 0 unspecified atom stereocenters. The Morgan fingerprint density at radius 2 is 1.18 bits per heavy atom. The summed E-state index contributed by atoms with van der Waals surface area (Å²) in [6.07, 6.45) is 10.5. The molecule has 0 amide bonds. The van der Waals surface area contributed by atoms with E-state index >= 15 is 0 Å². The first kappa shape index (κ1) is 17.7. The monoisotopic (exact) mass is 334 g/mol. The summed E-state index contributed by atoms with van der Waals surface area (Å²) in [6, 6.07) is 9.41. The molecule has 0 fully saturated rings. The van der Waals surface area contributed by atoms with Crippen LogP contribution >= 0.6 is 22.7 Å². The van der Waals surface area contributed by atoms with Crippen molar-refractivity contribution in [3.8, 4) is 0 Å². The van der Waals surface area contributed by atoms with Crippen molar-refractivity contribution in [1.29, 1.82) is 0 Å². The summed E-state index contributed by atoms with van der Waals surface area (Å²) in [5, 5.41) is 0. The van der Waals surface area contributed by atoms with Crippen LogP contribution in [0.2, 0.25) is 0 Å². The summed E-state index contributed by atoms with van der Waals surface area (Å²) in [7, 11) is 0. The predicted octanol–water partition coefficient (Wildman–Crippen LogP) is 7.43. The van der Waals surface area contributed by atoms with Crippen LogP contribution in [0.25, 0.3) is 0 Å². The summed E-state index contributed by atoms with van der Waals surface area (Å²) in [6.45, 7) is 6.91. The van der Waals surface area contributed by atoms with Gasteiger partial charge in [0.15, 0.2) is 0 Å². The van der Waals surface area contributed by atoms with Crippen molar-refractivity contribution in [2.75, 3.05) is 0 Å². The van der Waals surface area contributed by atoms with Gasteiger partial charge in [0.1, 0.15) is 0 Å². The van der Waals surface area contributed by atoms with Crippen molar-refractivity contribution in [3.63, 3.8) is 0 Å². The van der Waals surface area contributed by atoms with Gasteiger partial charge in [0, 0.05) is 25.4 Å². The van der Waals surface area contributed by atoms with E-state index in [1.54, 1.807) is 9.75 Å². The standard InChI is InChI=1S/C20H30S2/c1-4-6-8-10-17-12-14-19(21-17)16(3)20-15-13-18(22-20)11-9-7-5-2/h12-16H,4-11H2,1-3H3. The summed E-state index contributed by atoms with van der Waals surface area (Å²) < 4.78 is 0. The van der Waals surface area contributed by atoms with Gasteiger partial charge >= 0.3 is 0 Å². The molecule has 0 radical (unpaired) electrons. The summed E-state index contributed by atoms with van der Waals surface area (Å²) in [5.41, 5.74) is 0. The summed E-state index contributed by atoms with van der Waals surface area (Å²) in [4.78, 5) is 6.20. The first-order valence-electron chi connectivity index (χ1n) is 8.91. The maximum atomic E-state index is 2.36. The Balaban J connectivity index is 1.91. The van der Waals surface area contributed by atoms with E-state index in [0.717, 1.165) is 0 Å². The second-order valence-corrected chi connectivity index (χ2v) is 8.64. The van der Waals surface area contributed by atoms with E-state index in [0.29, 0.717) is 5.92 Å². The maximum absolute atomic E-state index is 2.36. The number of hydrogen-bond donors (Lipinski definition) is 0. The Bertz CT molecular complexity index is 487. The number of unbranched alkanes of at least 4 members (excludes halogenated alkanes) is 4. The maximum Gasteiger partial charge on any atom is 0.0249 e. The van der Waals surface area contributed by atoms with Crippen LogP contribution < -0.4 is 0 Å². The molecule has 0 saturated heterocycles. The molecule has 0 bridgehead atoms. The van der Waals surface area contributed by atoms with Crippen molar-refractivity contribution in [1.82, 2.24) is 0 Å². The van der Waals surface area contributed by atoms with Crippen molar-refractivity contribution < 1.29 is 0 Å². The van der Waals surface area contributed by atoms with E-state index in [9.17, 15) is 0 Å². The smallest absolute Gasteiger partial charge is 0.0249 e. The zero-order chi connectivity index (χ0) is 15.8. The lowest BCUT2D eigenvalue weighted by molar-refractivity contribution is 0.722. The molecule has 0 saturated carbocycles. The number of hydrogen-bond acceptors (Lipinski definition) is 2. The van der Waals surface area contributed by atoms with Gasteiger partial charge in [-0.05, 0) is 49.9 Å². The summed E-state index contributed by atoms with van der Waals surface area (Å²) in [5.74, 6) is 0.565. The highest BCUT2D eigenvalue weighted by Crippen LogP contribution is 2.34. The van der Waals surface area contributed by atoms with Gasteiger partial charge < -0.3 is 0 Å². The molecule has 0 nitrogen and oxygen atoms in total. The molecule has 2 aromatic heterocycles. The quantitative estimate of drug-likeness (QED) is 0.396. The Morgan fingerprint density at radius 1 is 0.727 bits per heavy atom. The average Bonchev–Trinajstić information content (AvgIpc) is 3.17. The third-order valence-electron chi connectivity index (χ3n) is 4.27. The van der Waals surface area contributed by atoms with Crippen molar-refractivity contribution >= 4 is 22.7 Å². The summed E-state index contributed by atoms with van der Waals surface area (Å²) >= 11 is 4.05. The molecular weight excluding hydrogens is 304 g/mol. The Kier molecular flexibility index (Phi) is 7.68. The van der Waals surface area contributed by atoms with Crippen molar-refractivity contribution in [2.24, 2.45) is 0 Å². The molecule has 122 valence electrons. The number of thiophene rings is 2. The van der Waals surface area contributed by atoms with Gasteiger partial charge in [-0.2, -0.15) is 0 Å². The third-order valence-corrected chi connectivity index (χ3v) is 6.93. The first-order valence-corrected chi connectivity index (χ1v) is 10.5. The van der Waals surface area contributed by atoms with Crippen LogP contribution in [0.15, 0.2) is 24.3 Å². The fraction of sp³-hybridized carbons (Fsp3) is 0.600. The average molecular weight is 335 g/mol. The van der Waals surface area contributed by atoms with Gasteiger partial charge in [-0.3, -0.25) is 0 Å². The van der Waals surface area contributed by atoms with Crippen LogP contribution in [0.4, 0.5) is 0 Å². The van der Waals surface area contributed by atoms with Crippen LogP contribution in [0.5, 0.6) is 0 Å². The van der Waals surface area contributed by atoms with Crippen LogP contribution in [0.1, 0.15) is 84.7 Å². The normalized spacial score (nSPS) is 11.5. The minimum Gasteiger partial charge on any atom is -0.145 e. The molecule has 2 rings (SSSR count). The highest BCUT2D eigenvalue weighted by molar-refractivity contribution is 7.13. The third kappa shape index (κ3) is 5.24. The molecule has 0 spiro atoms. The number of aryl methyl sites for hydroxylation is 2. The van der Waals surface area contributed by atoms with Gasteiger partial charge in [0.2, 0.25) is 0 Å². The van der Waals surface area contributed by atoms with E-state index < -0.39 is 0 Å². The number of rotatable bonds is 10. The molecule has 2 heterocycles. The highest BCUT2D eigenvalue weighted by Gasteiger charge is 2.13. The first-order chi connectivity index (χ1) is 10.7. The predicted molar refractivity (Wildman–Crippen MR) is 103 cm³/mol. The highest BCUT2D eigenvalue weighted by atomic mass is 32.1. The Hall–Kier alpha value is -0.600. The minimum absolute atomic E-state index is 0.565. The SMILES string of the molecule is CCCCCc1ccc(C(C)c2ccc(CCCCC)s2)s1. The van der Waals surface area contributed by atoms with Crippen LogP contribution in [-0.2, 0) is 12.8 Å². The molecule has 22 heavy (non-hydrogen) atoms. The molecule has 2 heteroatoms. The lowest BCUT2D eigenvalue weighted by atomic mass is 10.1. The van der Waals surface area contributed by atoms with Crippen LogP contribution in [-0.4, -0.2) is 0 Å². The Morgan fingerprint density at radius 3 is 1.59 bits per heavy atom. The molecular formula is C20H30S2. The van der Waals surface area contributed by atoms with Gasteiger partial charge in [0.25, 0.3) is 0 Å². The van der Waals surface area contributed by atoms with Gasteiger partial charge in [0.05, 0.1) is 0 Å². The zero-order valence-electron chi connectivity index (χ0n) is 14.4. The topological polar surface area (TPSA) is 0 Å². The fourth-order valence-corrected chi connectivity index (χ4v) is 5.09. The molecule has 0 aliphatic rings. The zero-order valence-corrected chi connectivity index (χ0v) is 16.0. The van der Waals surface area contributed by atoms with Crippen LogP contribution in [0.3, 0.4) is 0 Å². The lowest BCUT2D eigenvalue weighted by Crippen LogP contribution is -1.88. The van der Waals surface area contributed by atoms with E-state index in [1.807, 2.05) is 22.7 Å². The van der Waals surface area contributed by atoms with Crippen molar-refractivity contribution in [3.05, 3.63) is 43.8 Å². The fourth-order valence-electron chi connectivity index (χ4n) is 2.76. The van der Waals surface area contributed by atoms with Gasteiger partial charge in [-0.15, -0.1) is 22.7 Å². The molecule has 0 aliphatic heterocycles. The Labute approximate surface area is 144 Å². The van der Waals surface area contributed by atoms with E-state index in [-0.39, 0.29) is 0 Å². The molecule has 2 aromatic rings.